The number of nitrogens with one attached hydrogen (secondary N) is 1. The fraction of sp³-hybridized carbons (Fsp3) is 0.381. The Hall–Kier alpha value is -2.49. The van der Waals surface area contributed by atoms with Crippen molar-refractivity contribution < 1.29 is 14.3 Å². The Labute approximate surface area is 150 Å². The van der Waals surface area contributed by atoms with Crippen LogP contribution in [-0.2, 0) is 4.79 Å². The standard InChI is InChI=1S/C21H27NO3/c1-15(2)11-12-24-19-10-6-9-18(13-19)22-20(23)14-25-21-16(3)7-5-8-17(21)4/h5-10,13,15H,11-12,14H2,1-4H3,(H,22,23). The molecule has 0 aromatic heterocycles. The van der Waals surface area contributed by atoms with Gasteiger partial charge >= 0.3 is 0 Å². The number of carbonyl (C=O) groups is 1. The second-order valence-corrected chi connectivity index (χ2v) is 6.62. The predicted molar refractivity (Wildman–Crippen MR) is 101 cm³/mol. The van der Waals surface area contributed by atoms with Crippen LogP contribution in [0.3, 0.4) is 0 Å². The van der Waals surface area contributed by atoms with Gasteiger partial charge in [0.2, 0.25) is 0 Å². The maximum Gasteiger partial charge on any atom is 0.262 e. The molecular weight excluding hydrogens is 314 g/mol. The van der Waals surface area contributed by atoms with Crippen molar-refractivity contribution in [3.8, 4) is 11.5 Å². The summed E-state index contributed by atoms with van der Waals surface area (Å²) in [6, 6.07) is 13.3. The first kappa shape index (κ1) is 18.8. The van der Waals surface area contributed by atoms with Gasteiger partial charge in [-0.3, -0.25) is 4.79 Å². The number of ether oxygens (including phenoxy) is 2. The molecule has 0 saturated heterocycles. The molecule has 0 atom stereocenters. The minimum atomic E-state index is -0.193. The maximum atomic E-state index is 12.1. The lowest BCUT2D eigenvalue weighted by Gasteiger charge is -2.13. The highest BCUT2D eigenvalue weighted by Crippen LogP contribution is 2.22. The van der Waals surface area contributed by atoms with E-state index in [-0.39, 0.29) is 12.5 Å². The summed E-state index contributed by atoms with van der Waals surface area (Å²) in [6.07, 6.45) is 1.00. The Morgan fingerprint density at radius 1 is 1.04 bits per heavy atom. The lowest BCUT2D eigenvalue weighted by atomic mass is 10.1. The summed E-state index contributed by atoms with van der Waals surface area (Å²) in [6.45, 7) is 8.91. The van der Waals surface area contributed by atoms with Crippen molar-refractivity contribution in [1.29, 1.82) is 0 Å². The highest BCUT2D eigenvalue weighted by molar-refractivity contribution is 5.92. The third-order valence-electron chi connectivity index (χ3n) is 3.84. The van der Waals surface area contributed by atoms with Gasteiger partial charge in [-0.2, -0.15) is 0 Å². The van der Waals surface area contributed by atoms with Crippen molar-refractivity contribution in [2.45, 2.75) is 34.1 Å². The minimum Gasteiger partial charge on any atom is -0.494 e. The molecular formula is C21H27NO3. The van der Waals surface area contributed by atoms with Gasteiger partial charge in [-0.1, -0.05) is 38.1 Å². The second-order valence-electron chi connectivity index (χ2n) is 6.62. The largest absolute Gasteiger partial charge is 0.494 e. The maximum absolute atomic E-state index is 12.1. The Morgan fingerprint density at radius 3 is 2.40 bits per heavy atom. The summed E-state index contributed by atoms with van der Waals surface area (Å²) in [7, 11) is 0. The van der Waals surface area contributed by atoms with Crippen LogP contribution in [0.15, 0.2) is 42.5 Å². The van der Waals surface area contributed by atoms with Crippen LogP contribution in [0.25, 0.3) is 0 Å². The quantitative estimate of drug-likeness (QED) is 0.754. The van der Waals surface area contributed by atoms with Gasteiger partial charge in [0.25, 0.3) is 5.91 Å². The van der Waals surface area contributed by atoms with Gasteiger partial charge in [0.15, 0.2) is 6.61 Å². The molecule has 1 N–H and O–H groups in total. The summed E-state index contributed by atoms with van der Waals surface area (Å²) in [5.41, 5.74) is 2.75. The van der Waals surface area contributed by atoms with Crippen LogP contribution < -0.4 is 14.8 Å². The number of amides is 1. The van der Waals surface area contributed by atoms with E-state index >= 15 is 0 Å². The number of hydrogen-bond donors (Lipinski definition) is 1. The highest BCUT2D eigenvalue weighted by atomic mass is 16.5. The molecule has 0 saturated carbocycles. The average molecular weight is 341 g/mol. The van der Waals surface area contributed by atoms with Crippen molar-refractivity contribution in [2.75, 3.05) is 18.5 Å². The van der Waals surface area contributed by atoms with Crippen LogP contribution in [-0.4, -0.2) is 19.1 Å². The van der Waals surface area contributed by atoms with Crippen LogP contribution >= 0.6 is 0 Å². The number of anilines is 1. The summed E-state index contributed by atoms with van der Waals surface area (Å²) in [4.78, 5) is 12.1. The molecule has 2 aromatic rings. The van der Waals surface area contributed by atoms with Gasteiger partial charge in [-0.05, 0) is 49.4 Å². The molecule has 0 unspecified atom stereocenters. The second kappa shape index (κ2) is 9.11. The first-order valence-corrected chi connectivity index (χ1v) is 8.67. The molecule has 0 spiro atoms. The van der Waals surface area contributed by atoms with Crippen LogP contribution in [0.2, 0.25) is 0 Å². The van der Waals surface area contributed by atoms with Crippen molar-refractivity contribution in [3.63, 3.8) is 0 Å². The lowest BCUT2D eigenvalue weighted by Crippen LogP contribution is -2.20. The zero-order chi connectivity index (χ0) is 18.2. The zero-order valence-electron chi connectivity index (χ0n) is 15.5. The molecule has 0 heterocycles. The zero-order valence-corrected chi connectivity index (χ0v) is 15.5. The number of para-hydroxylation sites is 1. The fourth-order valence-electron chi connectivity index (χ4n) is 2.44. The van der Waals surface area contributed by atoms with Crippen LogP contribution in [0.4, 0.5) is 5.69 Å². The first-order chi connectivity index (χ1) is 12.0. The molecule has 0 aliphatic rings. The lowest BCUT2D eigenvalue weighted by molar-refractivity contribution is -0.118. The van der Waals surface area contributed by atoms with Gasteiger partial charge in [0, 0.05) is 11.8 Å². The minimum absolute atomic E-state index is 0.0237. The van der Waals surface area contributed by atoms with Gasteiger partial charge in [0.1, 0.15) is 11.5 Å². The summed E-state index contributed by atoms with van der Waals surface area (Å²) >= 11 is 0. The Morgan fingerprint density at radius 2 is 1.72 bits per heavy atom. The molecule has 4 nitrogen and oxygen atoms in total. The molecule has 0 aliphatic carbocycles. The van der Waals surface area contributed by atoms with E-state index in [1.165, 1.54) is 0 Å². The van der Waals surface area contributed by atoms with Crippen molar-refractivity contribution in [1.82, 2.24) is 0 Å². The summed E-state index contributed by atoms with van der Waals surface area (Å²) in [5, 5.41) is 2.85. The summed E-state index contributed by atoms with van der Waals surface area (Å²) in [5.74, 6) is 1.93. The van der Waals surface area contributed by atoms with Gasteiger partial charge < -0.3 is 14.8 Å². The smallest absolute Gasteiger partial charge is 0.262 e. The monoisotopic (exact) mass is 341 g/mol. The Balaban J connectivity index is 1.88. The van der Waals surface area contributed by atoms with Crippen molar-refractivity contribution >= 4 is 11.6 Å². The first-order valence-electron chi connectivity index (χ1n) is 8.67. The van der Waals surface area contributed by atoms with E-state index < -0.39 is 0 Å². The van der Waals surface area contributed by atoms with E-state index in [1.807, 2.05) is 56.3 Å². The van der Waals surface area contributed by atoms with Crippen LogP contribution in [0.5, 0.6) is 11.5 Å². The third kappa shape index (κ3) is 6.14. The van der Waals surface area contributed by atoms with Crippen LogP contribution in [0.1, 0.15) is 31.4 Å². The molecule has 0 radical (unpaired) electrons. The number of hydrogen-bond acceptors (Lipinski definition) is 3. The highest BCUT2D eigenvalue weighted by Gasteiger charge is 2.08. The fourth-order valence-corrected chi connectivity index (χ4v) is 2.44. The van der Waals surface area contributed by atoms with Crippen molar-refractivity contribution in [3.05, 3.63) is 53.6 Å². The number of benzene rings is 2. The van der Waals surface area contributed by atoms with Gasteiger partial charge in [-0.25, -0.2) is 0 Å². The number of rotatable bonds is 8. The van der Waals surface area contributed by atoms with E-state index in [9.17, 15) is 4.79 Å². The topological polar surface area (TPSA) is 47.6 Å². The van der Waals surface area contributed by atoms with E-state index in [4.69, 9.17) is 9.47 Å². The molecule has 2 rings (SSSR count). The molecule has 25 heavy (non-hydrogen) atoms. The van der Waals surface area contributed by atoms with Gasteiger partial charge in [-0.15, -0.1) is 0 Å². The Bertz CT molecular complexity index is 690. The normalized spacial score (nSPS) is 10.6. The summed E-state index contributed by atoms with van der Waals surface area (Å²) < 4.78 is 11.4. The molecule has 4 heteroatoms. The number of carbonyl (C=O) groups excluding carboxylic acids is 1. The third-order valence-corrected chi connectivity index (χ3v) is 3.84. The van der Waals surface area contributed by atoms with E-state index in [0.29, 0.717) is 18.2 Å². The van der Waals surface area contributed by atoms with Crippen LogP contribution in [0, 0.1) is 19.8 Å². The predicted octanol–water partition coefficient (Wildman–Crippen LogP) is 4.75. The van der Waals surface area contributed by atoms with Crippen molar-refractivity contribution in [2.24, 2.45) is 5.92 Å². The number of aryl methyl sites for hydroxylation is 2. The Kier molecular flexibility index (Phi) is 6.87. The van der Waals surface area contributed by atoms with Gasteiger partial charge in [0.05, 0.1) is 6.61 Å². The molecule has 0 aliphatic heterocycles. The van der Waals surface area contributed by atoms with E-state index in [1.54, 1.807) is 0 Å². The average Bonchev–Trinajstić information content (AvgIpc) is 2.54. The molecule has 0 fully saturated rings. The molecule has 0 bridgehead atoms. The SMILES string of the molecule is Cc1cccc(C)c1OCC(=O)Nc1cccc(OCCC(C)C)c1. The van der Waals surface area contributed by atoms with E-state index in [0.717, 1.165) is 29.0 Å². The molecule has 134 valence electrons. The van der Waals surface area contributed by atoms with E-state index in [2.05, 4.69) is 19.2 Å². The molecule has 1 amide bonds. The molecule has 2 aromatic carbocycles.